The van der Waals surface area contributed by atoms with E-state index < -0.39 is 0 Å². The molecule has 0 bridgehead atoms. The number of aryl methyl sites for hydroxylation is 1. The zero-order valence-electron chi connectivity index (χ0n) is 18.6. The van der Waals surface area contributed by atoms with Gasteiger partial charge in [-0.2, -0.15) is 9.78 Å². The highest BCUT2D eigenvalue weighted by Crippen LogP contribution is 2.28. The van der Waals surface area contributed by atoms with Crippen molar-refractivity contribution in [1.82, 2.24) is 14.8 Å². The molecular formula is C24H24N4O4S. The largest absolute Gasteiger partial charge is 0.497 e. The number of carbonyl (C=O) groups excluding carboxylic acids is 1. The highest BCUT2D eigenvalue weighted by molar-refractivity contribution is 7.12. The normalized spacial score (nSPS) is 10.6. The molecule has 0 radical (unpaired) electrons. The third-order valence-corrected chi connectivity index (χ3v) is 5.46. The van der Waals surface area contributed by atoms with Crippen LogP contribution in [0.5, 0.6) is 17.2 Å². The summed E-state index contributed by atoms with van der Waals surface area (Å²) in [7, 11) is 1.63. The standard InChI is InChI=1S/C24H24N4O4S/c1-4-31-18-8-10-19(11-9-18)32-14-23(29)26-22-12-16(2)27-28(22)24-25-21(15-33-24)17-6-5-7-20(13-17)30-3/h5-13,15H,4,14H2,1-3H3,(H,26,29). The third kappa shape index (κ3) is 5.50. The van der Waals surface area contributed by atoms with Crippen LogP contribution in [0.3, 0.4) is 0 Å². The number of thiazole rings is 1. The van der Waals surface area contributed by atoms with E-state index in [1.807, 2.05) is 43.5 Å². The van der Waals surface area contributed by atoms with Crippen LogP contribution in [0.4, 0.5) is 5.82 Å². The predicted molar refractivity (Wildman–Crippen MR) is 128 cm³/mol. The number of ether oxygens (including phenoxy) is 3. The van der Waals surface area contributed by atoms with Crippen LogP contribution in [0.25, 0.3) is 16.4 Å². The fourth-order valence-corrected chi connectivity index (χ4v) is 3.93. The fraction of sp³-hybridized carbons (Fsp3) is 0.208. The fourth-order valence-electron chi connectivity index (χ4n) is 3.14. The lowest BCUT2D eigenvalue weighted by Gasteiger charge is -2.09. The minimum atomic E-state index is -0.297. The van der Waals surface area contributed by atoms with Crippen molar-refractivity contribution in [2.45, 2.75) is 13.8 Å². The van der Waals surface area contributed by atoms with E-state index >= 15 is 0 Å². The van der Waals surface area contributed by atoms with Gasteiger partial charge in [-0.05, 0) is 50.2 Å². The van der Waals surface area contributed by atoms with Crippen LogP contribution in [-0.4, -0.2) is 41.0 Å². The molecule has 0 aliphatic carbocycles. The molecule has 1 N–H and O–H groups in total. The average molecular weight is 465 g/mol. The molecule has 0 saturated heterocycles. The Labute approximate surface area is 195 Å². The van der Waals surface area contributed by atoms with Crippen molar-refractivity contribution in [3.8, 4) is 33.6 Å². The first-order chi connectivity index (χ1) is 16.1. The molecular weight excluding hydrogens is 440 g/mol. The van der Waals surface area contributed by atoms with Gasteiger partial charge < -0.3 is 19.5 Å². The second-order valence-electron chi connectivity index (χ2n) is 7.07. The van der Waals surface area contributed by atoms with Crippen LogP contribution in [-0.2, 0) is 4.79 Å². The molecule has 2 aromatic carbocycles. The number of benzene rings is 2. The number of anilines is 1. The van der Waals surface area contributed by atoms with Crippen LogP contribution >= 0.6 is 11.3 Å². The number of nitrogens with one attached hydrogen (secondary N) is 1. The molecule has 0 spiro atoms. The van der Waals surface area contributed by atoms with E-state index in [2.05, 4.69) is 10.4 Å². The van der Waals surface area contributed by atoms with Crippen molar-refractivity contribution in [3.05, 3.63) is 65.7 Å². The smallest absolute Gasteiger partial charge is 0.263 e. The van der Waals surface area contributed by atoms with Gasteiger partial charge in [0.15, 0.2) is 6.61 Å². The van der Waals surface area contributed by atoms with Crippen LogP contribution in [0.1, 0.15) is 12.6 Å². The molecule has 4 aromatic rings. The summed E-state index contributed by atoms with van der Waals surface area (Å²) in [6, 6.07) is 16.6. The summed E-state index contributed by atoms with van der Waals surface area (Å²) < 4.78 is 17.9. The maximum absolute atomic E-state index is 12.5. The zero-order valence-corrected chi connectivity index (χ0v) is 19.4. The van der Waals surface area contributed by atoms with Gasteiger partial charge >= 0.3 is 0 Å². The molecule has 8 nitrogen and oxygen atoms in total. The molecule has 4 rings (SSSR count). The Balaban J connectivity index is 1.44. The Morgan fingerprint density at radius 1 is 1.06 bits per heavy atom. The molecule has 0 unspecified atom stereocenters. The van der Waals surface area contributed by atoms with Gasteiger partial charge in [-0.3, -0.25) is 4.79 Å². The van der Waals surface area contributed by atoms with Gasteiger partial charge in [0.1, 0.15) is 23.1 Å². The lowest BCUT2D eigenvalue weighted by molar-refractivity contribution is -0.118. The number of amides is 1. The number of carbonyl (C=O) groups is 1. The number of rotatable bonds is 9. The topological polar surface area (TPSA) is 87.5 Å². The minimum Gasteiger partial charge on any atom is -0.497 e. The van der Waals surface area contributed by atoms with Gasteiger partial charge in [-0.1, -0.05) is 12.1 Å². The molecule has 0 aliphatic heterocycles. The average Bonchev–Trinajstić information content (AvgIpc) is 3.45. The summed E-state index contributed by atoms with van der Waals surface area (Å²) in [5.41, 5.74) is 2.50. The third-order valence-electron chi connectivity index (χ3n) is 4.64. The second-order valence-corrected chi connectivity index (χ2v) is 7.91. The minimum absolute atomic E-state index is 0.134. The van der Waals surface area contributed by atoms with Gasteiger partial charge in [-0.25, -0.2) is 4.98 Å². The Hall–Kier alpha value is -3.85. The van der Waals surface area contributed by atoms with Crippen molar-refractivity contribution < 1.29 is 19.0 Å². The van der Waals surface area contributed by atoms with E-state index in [9.17, 15) is 4.79 Å². The zero-order chi connectivity index (χ0) is 23.2. The van der Waals surface area contributed by atoms with Crippen LogP contribution in [0, 0.1) is 6.92 Å². The van der Waals surface area contributed by atoms with Gasteiger partial charge in [0.2, 0.25) is 5.13 Å². The van der Waals surface area contributed by atoms with E-state index in [1.165, 1.54) is 11.3 Å². The highest BCUT2D eigenvalue weighted by Gasteiger charge is 2.15. The van der Waals surface area contributed by atoms with Crippen molar-refractivity contribution in [1.29, 1.82) is 0 Å². The summed E-state index contributed by atoms with van der Waals surface area (Å²) in [5.74, 6) is 2.33. The van der Waals surface area contributed by atoms with E-state index in [1.54, 1.807) is 42.1 Å². The molecule has 1 amide bonds. The van der Waals surface area contributed by atoms with Crippen LogP contribution in [0.15, 0.2) is 60.0 Å². The molecule has 0 fully saturated rings. The van der Waals surface area contributed by atoms with Crippen molar-refractivity contribution in [3.63, 3.8) is 0 Å². The molecule has 0 saturated carbocycles. The van der Waals surface area contributed by atoms with Crippen molar-refractivity contribution in [2.24, 2.45) is 0 Å². The molecule has 33 heavy (non-hydrogen) atoms. The number of hydrogen-bond acceptors (Lipinski definition) is 7. The molecule has 0 aliphatic rings. The molecule has 170 valence electrons. The van der Waals surface area contributed by atoms with Gasteiger partial charge in [0, 0.05) is 17.0 Å². The Morgan fingerprint density at radius 2 is 1.82 bits per heavy atom. The molecule has 2 heterocycles. The van der Waals surface area contributed by atoms with E-state index in [-0.39, 0.29) is 12.5 Å². The summed E-state index contributed by atoms with van der Waals surface area (Å²) in [4.78, 5) is 17.2. The number of hydrogen-bond donors (Lipinski definition) is 1. The monoisotopic (exact) mass is 464 g/mol. The van der Waals surface area contributed by atoms with E-state index in [0.717, 1.165) is 28.5 Å². The quantitative estimate of drug-likeness (QED) is 0.385. The van der Waals surface area contributed by atoms with Crippen molar-refractivity contribution >= 4 is 23.1 Å². The molecule has 0 atom stereocenters. The Morgan fingerprint density at radius 3 is 2.55 bits per heavy atom. The van der Waals surface area contributed by atoms with Gasteiger partial charge in [0.25, 0.3) is 5.91 Å². The van der Waals surface area contributed by atoms with Crippen LogP contribution in [0.2, 0.25) is 0 Å². The van der Waals surface area contributed by atoms with E-state index in [0.29, 0.717) is 23.3 Å². The van der Waals surface area contributed by atoms with Gasteiger partial charge in [0.05, 0.1) is 25.1 Å². The van der Waals surface area contributed by atoms with Crippen molar-refractivity contribution in [2.75, 3.05) is 25.6 Å². The maximum Gasteiger partial charge on any atom is 0.263 e. The second kappa shape index (κ2) is 10.2. The van der Waals surface area contributed by atoms with E-state index in [4.69, 9.17) is 19.2 Å². The lowest BCUT2D eigenvalue weighted by atomic mass is 10.2. The summed E-state index contributed by atoms with van der Waals surface area (Å²) in [6.07, 6.45) is 0. The summed E-state index contributed by atoms with van der Waals surface area (Å²) in [6.45, 7) is 4.24. The highest BCUT2D eigenvalue weighted by atomic mass is 32.1. The first-order valence-electron chi connectivity index (χ1n) is 10.4. The summed E-state index contributed by atoms with van der Waals surface area (Å²) >= 11 is 1.44. The number of aromatic nitrogens is 3. The Kier molecular flexibility index (Phi) is 6.89. The summed E-state index contributed by atoms with van der Waals surface area (Å²) in [5, 5.41) is 9.94. The molecule has 9 heteroatoms. The Bertz CT molecular complexity index is 1230. The lowest BCUT2D eigenvalue weighted by Crippen LogP contribution is -2.21. The van der Waals surface area contributed by atoms with Crippen LogP contribution < -0.4 is 19.5 Å². The van der Waals surface area contributed by atoms with Gasteiger partial charge in [-0.15, -0.1) is 11.3 Å². The molecule has 2 aromatic heterocycles. The maximum atomic E-state index is 12.5. The first kappa shape index (κ1) is 22.3. The predicted octanol–water partition coefficient (Wildman–Crippen LogP) is 4.73. The SMILES string of the molecule is CCOc1ccc(OCC(=O)Nc2cc(C)nn2-c2nc(-c3cccc(OC)c3)cs2)cc1. The number of nitrogens with zero attached hydrogens (tertiary/aromatic N) is 3. The first-order valence-corrected chi connectivity index (χ1v) is 11.3. The number of methoxy groups -OCH3 is 1.